The van der Waals surface area contributed by atoms with E-state index >= 15 is 0 Å². The van der Waals surface area contributed by atoms with Gasteiger partial charge >= 0.3 is 0 Å². The molecule has 1 aromatic carbocycles. The third kappa shape index (κ3) is 3.29. The number of thiazole rings is 1. The molecule has 0 unspecified atom stereocenters. The van der Waals surface area contributed by atoms with Crippen LogP contribution in [0.4, 0.5) is 0 Å². The normalized spacial score (nSPS) is 12.2. The molecule has 0 aliphatic carbocycles. The van der Waals surface area contributed by atoms with Gasteiger partial charge in [-0.2, -0.15) is 0 Å². The third-order valence-corrected chi connectivity index (χ3v) is 4.18. The maximum Gasteiger partial charge on any atom is 0.161 e. The van der Waals surface area contributed by atoms with Crippen molar-refractivity contribution in [2.45, 2.75) is 33.4 Å². The predicted octanol–water partition coefficient (Wildman–Crippen LogP) is 3.37. The number of methoxy groups -OCH3 is 1. The molecule has 0 radical (unpaired) electrons. The van der Waals surface area contributed by atoms with Gasteiger partial charge in [-0.3, -0.25) is 0 Å². The standard InChI is InChI=1S/C15H20N2O2S/c1-9(16)12-5-6-13(14(7-12)18-4)19-8-15-17-10(2)11(3)20-15/h5-7,9H,8,16H2,1-4H3/t9-/m1/s1. The summed E-state index contributed by atoms with van der Waals surface area (Å²) in [5.41, 5.74) is 7.95. The van der Waals surface area contributed by atoms with E-state index < -0.39 is 0 Å². The first-order valence-electron chi connectivity index (χ1n) is 6.50. The first-order valence-corrected chi connectivity index (χ1v) is 7.32. The number of nitrogens with two attached hydrogens (primary N) is 1. The van der Waals surface area contributed by atoms with Crippen LogP contribution in [0.25, 0.3) is 0 Å². The monoisotopic (exact) mass is 292 g/mol. The first kappa shape index (κ1) is 14.8. The molecule has 4 nitrogen and oxygen atoms in total. The molecule has 0 spiro atoms. The molecule has 1 aromatic heterocycles. The summed E-state index contributed by atoms with van der Waals surface area (Å²) in [5.74, 6) is 1.41. The topological polar surface area (TPSA) is 57.4 Å². The molecule has 2 aromatic rings. The van der Waals surface area contributed by atoms with Gasteiger partial charge in [-0.05, 0) is 38.5 Å². The van der Waals surface area contributed by atoms with E-state index in [2.05, 4.69) is 11.9 Å². The Morgan fingerprint density at radius 3 is 2.60 bits per heavy atom. The Morgan fingerprint density at radius 1 is 1.30 bits per heavy atom. The quantitative estimate of drug-likeness (QED) is 0.918. The lowest BCUT2D eigenvalue weighted by Gasteiger charge is -2.13. The van der Waals surface area contributed by atoms with Crippen LogP contribution in [0, 0.1) is 13.8 Å². The highest BCUT2D eigenvalue weighted by molar-refractivity contribution is 7.11. The Balaban J connectivity index is 2.12. The van der Waals surface area contributed by atoms with Gasteiger partial charge in [0.25, 0.3) is 0 Å². The van der Waals surface area contributed by atoms with Crippen molar-refractivity contribution in [2.24, 2.45) is 5.73 Å². The Kier molecular flexibility index (Phi) is 4.62. The second kappa shape index (κ2) is 6.24. The lowest BCUT2D eigenvalue weighted by atomic mass is 10.1. The summed E-state index contributed by atoms with van der Waals surface area (Å²) < 4.78 is 11.2. The van der Waals surface area contributed by atoms with Crippen molar-refractivity contribution in [1.29, 1.82) is 0 Å². The second-order valence-electron chi connectivity index (χ2n) is 4.74. The highest BCUT2D eigenvalue weighted by atomic mass is 32.1. The van der Waals surface area contributed by atoms with Crippen LogP contribution in [0.15, 0.2) is 18.2 Å². The number of hydrogen-bond acceptors (Lipinski definition) is 5. The van der Waals surface area contributed by atoms with Gasteiger partial charge in [0.2, 0.25) is 0 Å². The first-order chi connectivity index (χ1) is 9.51. The fraction of sp³-hybridized carbons (Fsp3) is 0.400. The van der Waals surface area contributed by atoms with Crippen molar-refractivity contribution in [3.63, 3.8) is 0 Å². The molecule has 0 saturated heterocycles. The van der Waals surface area contributed by atoms with Gasteiger partial charge in [0.05, 0.1) is 12.8 Å². The Labute approximate surface area is 123 Å². The number of rotatable bonds is 5. The fourth-order valence-corrected chi connectivity index (χ4v) is 2.67. The molecule has 0 saturated carbocycles. The van der Waals surface area contributed by atoms with Gasteiger partial charge in [0.1, 0.15) is 11.6 Å². The van der Waals surface area contributed by atoms with E-state index in [4.69, 9.17) is 15.2 Å². The molecule has 108 valence electrons. The van der Waals surface area contributed by atoms with Crippen LogP contribution in [-0.2, 0) is 6.61 Å². The summed E-state index contributed by atoms with van der Waals surface area (Å²) >= 11 is 1.66. The number of aromatic nitrogens is 1. The van der Waals surface area contributed by atoms with Crippen LogP contribution in [0.1, 0.15) is 34.1 Å². The zero-order chi connectivity index (χ0) is 14.7. The summed E-state index contributed by atoms with van der Waals surface area (Å²) in [7, 11) is 1.63. The van der Waals surface area contributed by atoms with Crippen molar-refractivity contribution >= 4 is 11.3 Å². The van der Waals surface area contributed by atoms with E-state index in [-0.39, 0.29) is 6.04 Å². The van der Waals surface area contributed by atoms with Crippen molar-refractivity contribution in [1.82, 2.24) is 4.98 Å². The average molecular weight is 292 g/mol. The maximum atomic E-state index is 5.87. The average Bonchev–Trinajstić information content (AvgIpc) is 2.75. The molecule has 0 bridgehead atoms. The molecule has 2 rings (SSSR count). The van der Waals surface area contributed by atoms with E-state index in [0.717, 1.165) is 16.3 Å². The number of hydrogen-bond donors (Lipinski definition) is 1. The van der Waals surface area contributed by atoms with Crippen LogP contribution < -0.4 is 15.2 Å². The maximum absolute atomic E-state index is 5.87. The van der Waals surface area contributed by atoms with Crippen LogP contribution >= 0.6 is 11.3 Å². The lowest BCUT2D eigenvalue weighted by molar-refractivity contribution is 0.283. The summed E-state index contributed by atoms with van der Waals surface area (Å²) in [6, 6.07) is 5.74. The SMILES string of the molecule is COc1cc([C@@H](C)N)ccc1OCc1nc(C)c(C)s1. The summed E-state index contributed by atoms with van der Waals surface area (Å²) in [6.45, 7) is 6.46. The molecule has 0 fully saturated rings. The zero-order valence-corrected chi connectivity index (χ0v) is 13.1. The summed E-state index contributed by atoms with van der Waals surface area (Å²) in [5, 5.41) is 0.971. The molecule has 0 amide bonds. The van der Waals surface area contributed by atoms with E-state index in [1.165, 1.54) is 4.88 Å². The molecule has 0 aliphatic heterocycles. The van der Waals surface area contributed by atoms with Gasteiger partial charge < -0.3 is 15.2 Å². The Hall–Kier alpha value is -1.59. The minimum Gasteiger partial charge on any atom is -0.493 e. The smallest absolute Gasteiger partial charge is 0.161 e. The van der Waals surface area contributed by atoms with Gasteiger partial charge in [-0.1, -0.05) is 6.07 Å². The second-order valence-corrected chi connectivity index (χ2v) is 6.02. The molecule has 0 aliphatic rings. The lowest BCUT2D eigenvalue weighted by Crippen LogP contribution is -2.05. The molecule has 5 heteroatoms. The third-order valence-electron chi connectivity index (χ3n) is 3.14. The number of ether oxygens (including phenoxy) is 2. The van der Waals surface area contributed by atoms with Crippen molar-refractivity contribution in [2.75, 3.05) is 7.11 Å². The van der Waals surface area contributed by atoms with Crippen LogP contribution in [0.2, 0.25) is 0 Å². The minimum atomic E-state index is -0.0257. The molecule has 1 heterocycles. The van der Waals surface area contributed by atoms with Gasteiger partial charge in [-0.15, -0.1) is 11.3 Å². The largest absolute Gasteiger partial charge is 0.493 e. The number of aryl methyl sites for hydroxylation is 2. The van der Waals surface area contributed by atoms with Crippen molar-refractivity contribution < 1.29 is 9.47 Å². The Bertz CT molecular complexity index is 574. The zero-order valence-electron chi connectivity index (χ0n) is 12.3. The molecule has 1 atom stereocenters. The van der Waals surface area contributed by atoms with Crippen LogP contribution in [0.3, 0.4) is 0 Å². The molecule has 2 N–H and O–H groups in total. The van der Waals surface area contributed by atoms with E-state index in [1.54, 1.807) is 18.4 Å². The van der Waals surface area contributed by atoms with Gasteiger partial charge in [0.15, 0.2) is 11.5 Å². The Morgan fingerprint density at radius 2 is 2.05 bits per heavy atom. The van der Waals surface area contributed by atoms with E-state index in [0.29, 0.717) is 18.1 Å². The summed E-state index contributed by atoms with van der Waals surface area (Å²) in [6.07, 6.45) is 0. The van der Waals surface area contributed by atoms with Crippen LogP contribution in [0.5, 0.6) is 11.5 Å². The van der Waals surface area contributed by atoms with Crippen molar-refractivity contribution in [3.8, 4) is 11.5 Å². The van der Waals surface area contributed by atoms with Crippen LogP contribution in [-0.4, -0.2) is 12.1 Å². The number of nitrogens with zero attached hydrogens (tertiary/aromatic N) is 1. The minimum absolute atomic E-state index is 0.0257. The summed E-state index contributed by atoms with van der Waals surface area (Å²) in [4.78, 5) is 5.68. The van der Waals surface area contributed by atoms with E-state index in [1.807, 2.05) is 32.0 Å². The highest BCUT2D eigenvalue weighted by Crippen LogP contribution is 2.30. The number of benzene rings is 1. The predicted molar refractivity (Wildman–Crippen MR) is 81.5 cm³/mol. The van der Waals surface area contributed by atoms with Gasteiger partial charge in [0, 0.05) is 10.9 Å². The van der Waals surface area contributed by atoms with Crippen molar-refractivity contribution in [3.05, 3.63) is 39.3 Å². The highest BCUT2D eigenvalue weighted by Gasteiger charge is 2.10. The molecular weight excluding hydrogens is 272 g/mol. The fourth-order valence-electron chi connectivity index (χ4n) is 1.83. The molecule has 20 heavy (non-hydrogen) atoms. The van der Waals surface area contributed by atoms with E-state index in [9.17, 15) is 0 Å². The molecular formula is C15H20N2O2S. The van der Waals surface area contributed by atoms with Gasteiger partial charge in [-0.25, -0.2) is 4.98 Å².